The predicted octanol–water partition coefficient (Wildman–Crippen LogP) is 0.953. The first-order chi connectivity index (χ1) is 7.29. The molecule has 0 radical (unpaired) electrons. The molecule has 0 spiro atoms. The van der Waals surface area contributed by atoms with Crippen LogP contribution in [-0.2, 0) is 4.74 Å². The standard InChI is InChI=1S/C12H24N2O/c1-10-6-13-7-11(10)8-14-5-3-4-12(9-14)15-2/h10-13H,3-9H2,1-2H3. The summed E-state index contributed by atoms with van der Waals surface area (Å²) in [5.41, 5.74) is 0. The van der Waals surface area contributed by atoms with E-state index in [1.807, 2.05) is 7.11 Å². The highest BCUT2D eigenvalue weighted by Gasteiger charge is 2.27. The van der Waals surface area contributed by atoms with Crippen LogP contribution in [0.15, 0.2) is 0 Å². The Balaban J connectivity index is 1.78. The van der Waals surface area contributed by atoms with E-state index in [1.165, 1.54) is 39.0 Å². The molecule has 2 heterocycles. The van der Waals surface area contributed by atoms with Crippen LogP contribution in [0.5, 0.6) is 0 Å². The van der Waals surface area contributed by atoms with Crippen LogP contribution in [0.4, 0.5) is 0 Å². The summed E-state index contributed by atoms with van der Waals surface area (Å²) in [5, 5.41) is 3.48. The molecule has 0 aliphatic carbocycles. The monoisotopic (exact) mass is 212 g/mol. The van der Waals surface area contributed by atoms with Gasteiger partial charge in [-0.3, -0.25) is 0 Å². The number of hydrogen-bond donors (Lipinski definition) is 1. The van der Waals surface area contributed by atoms with E-state index >= 15 is 0 Å². The average molecular weight is 212 g/mol. The molecule has 15 heavy (non-hydrogen) atoms. The lowest BCUT2D eigenvalue weighted by Gasteiger charge is -2.34. The number of likely N-dealkylation sites (tertiary alicyclic amines) is 1. The maximum Gasteiger partial charge on any atom is 0.0698 e. The quantitative estimate of drug-likeness (QED) is 0.754. The Morgan fingerprint density at radius 1 is 1.40 bits per heavy atom. The number of ether oxygens (including phenoxy) is 1. The van der Waals surface area contributed by atoms with Crippen molar-refractivity contribution in [1.29, 1.82) is 0 Å². The third-order valence-electron chi connectivity index (χ3n) is 3.97. The van der Waals surface area contributed by atoms with Crippen molar-refractivity contribution < 1.29 is 4.74 Å². The Hall–Kier alpha value is -0.120. The van der Waals surface area contributed by atoms with Crippen LogP contribution in [0, 0.1) is 11.8 Å². The van der Waals surface area contributed by atoms with Crippen LogP contribution in [0.2, 0.25) is 0 Å². The molecule has 3 unspecified atom stereocenters. The number of hydrogen-bond acceptors (Lipinski definition) is 3. The Morgan fingerprint density at radius 2 is 2.27 bits per heavy atom. The highest BCUT2D eigenvalue weighted by molar-refractivity contribution is 4.83. The largest absolute Gasteiger partial charge is 0.380 e. The van der Waals surface area contributed by atoms with Crippen molar-refractivity contribution >= 4 is 0 Å². The molecule has 3 nitrogen and oxygen atoms in total. The lowest BCUT2D eigenvalue weighted by atomic mass is 9.96. The molecule has 0 aromatic carbocycles. The highest BCUT2D eigenvalue weighted by Crippen LogP contribution is 2.20. The number of nitrogens with zero attached hydrogens (tertiary/aromatic N) is 1. The summed E-state index contributed by atoms with van der Waals surface area (Å²) in [6.07, 6.45) is 3.02. The van der Waals surface area contributed by atoms with E-state index in [-0.39, 0.29) is 0 Å². The van der Waals surface area contributed by atoms with Crippen molar-refractivity contribution in [3.8, 4) is 0 Å². The number of methoxy groups -OCH3 is 1. The molecule has 2 fully saturated rings. The number of rotatable bonds is 3. The molecule has 88 valence electrons. The summed E-state index contributed by atoms with van der Waals surface area (Å²) in [6, 6.07) is 0. The van der Waals surface area contributed by atoms with E-state index in [0.29, 0.717) is 6.10 Å². The summed E-state index contributed by atoms with van der Waals surface area (Å²) >= 11 is 0. The van der Waals surface area contributed by atoms with Gasteiger partial charge in [-0.05, 0) is 44.3 Å². The maximum atomic E-state index is 5.46. The van der Waals surface area contributed by atoms with Crippen LogP contribution < -0.4 is 5.32 Å². The first-order valence-corrected chi connectivity index (χ1v) is 6.25. The van der Waals surface area contributed by atoms with Crippen LogP contribution in [-0.4, -0.2) is 50.8 Å². The zero-order valence-electron chi connectivity index (χ0n) is 10.0. The van der Waals surface area contributed by atoms with Crippen molar-refractivity contribution in [1.82, 2.24) is 10.2 Å². The van der Waals surface area contributed by atoms with Gasteiger partial charge in [-0.25, -0.2) is 0 Å². The lowest BCUT2D eigenvalue weighted by molar-refractivity contribution is 0.0249. The minimum absolute atomic E-state index is 0.475. The zero-order valence-corrected chi connectivity index (χ0v) is 10.0. The van der Waals surface area contributed by atoms with Crippen LogP contribution in [0.25, 0.3) is 0 Å². The van der Waals surface area contributed by atoms with Gasteiger partial charge < -0.3 is 15.0 Å². The molecule has 2 aliphatic rings. The molecule has 3 heteroatoms. The van der Waals surface area contributed by atoms with E-state index in [1.54, 1.807) is 0 Å². The first-order valence-electron chi connectivity index (χ1n) is 6.25. The molecule has 0 bridgehead atoms. The Bertz CT molecular complexity index is 198. The van der Waals surface area contributed by atoms with Gasteiger partial charge in [0.2, 0.25) is 0 Å². The Morgan fingerprint density at radius 3 is 2.93 bits per heavy atom. The van der Waals surface area contributed by atoms with Crippen molar-refractivity contribution in [3.63, 3.8) is 0 Å². The summed E-state index contributed by atoms with van der Waals surface area (Å²) in [7, 11) is 1.84. The number of nitrogens with one attached hydrogen (secondary N) is 1. The van der Waals surface area contributed by atoms with Crippen LogP contribution in [0.3, 0.4) is 0 Å². The Labute approximate surface area is 93.2 Å². The average Bonchev–Trinajstić information content (AvgIpc) is 2.65. The van der Waals surface area contributed by atoms with Gasteiger partial charge in [-0.2, -0.15) is 0 Å². The van der Waals surface area contributed by atoms with Gasteiger partial charge in [-0.1, -0.05) is 6.92 Å². The summed E-state index contributed by atoms with van der Waals surface area (Å²) in [5.74, 6) is 1.69. The van der Waals surface area contributed by atoms with E-state index < -0.39 is 0 Å². The van der Waals surface area contributed by atoms with Gasteiger partial charge in [0.25, 0.3) is 0 Å². The molecular formula is C12H24N2O. The SMILES string of the molecule is COC1CCCN(CC2CNCC2C)C1. The van der Waals surface area contributed by atoms with E-state index in [4.69, 9.17) is 4.74 Å². The molecule has 0 saturated carbocycles. The second kappa shape index (κ2) is 5.28. The second-order valence-electron chi connectivity index (χ2n) is 5.16. The predicted molar refractivity (Wildman–Crippen MR) is 62.0 cm³/mol. The molecule has 0 aromatic rings. The normalized spacial score (nSPS) is 38.4. The van der Waals surface area contributed by atoms with Gasteiger partial charge in [0.05, 0.1) is 6.10 Å². The first kappa shape index (κ1) is 11.4. The van der Waals surface area contributed by atoms with Crippen LogP contribution in [0.1, 0.15) is 19.8 Å². The fourth-order valence-corrected chi connectivity index (χ4v) is 2.81. The van der Waals surface area contributed by atoms with Crippen LogP contribution >= 0.6 is 0 Å². The molecule has 2 rings (SSSR count). The molecular weight excluding hydrogens is 188 g/mol. The third kappa shape index (κ3) is 2.92. The molecule has 0 amide bonds. The highest BCUT2D eigenvalue weighted by atomic mass is 16.5. The second-order valence-corrected chi connectivity index (χ2v) is 5.16. The number of piperidine rings is 1. The van der Waals surface area contributed by atoms with Gasteiger partial charge in [-0.15, -0.1) is 0 Å². The lowest BCUT2D eigenvalue weighted by Crippen LogP contribution is -2.42. The molecule has 2 aliphatic heterocycles. The van der Waals surface area contributed by atoms with Crippen molar-refractivity contribution in [2.75, 3.05) is 39.8 Å². The fourth-order valence-electron chi connectivity index (χ4n) is 2.81. The fraction of sp³-hybridized carbons (Fsp3) is 1.00. The van der Waals surface area contributed by atoms with E-state index in [9.17, 15) is 0 Å². The molecule has 2 saturated heterocycles. The maximum absolute atomic E-state index is 5.46. The van der Waals surface area contributed by atoms with Crippen molar-refractivity contribution in [3.05, 3.63) is 0 Å². The topological polar surface area (TPSA) is 24.5 Å². The molecule has 0 aromatic heterocycles. The summed E-state index contributed by atoms with van der Waals surface area (Å²) in [6.45, 7) is 8.43. The van der Waals surface area contributed by atoms with Gasteiger partial charge in [0.1, 0.15) is 0 Å². The zero-order chi connectivity index (χ0) is 10.7. The smallest absolute Gasteiger partial charge is 0.0698 e. The minimum Gasteiger partial charge on any atom is -0.380 e. The van der Waals surface area contributed by atoms with Gasteiger partial charge >= 0.3 is 0 Å². The molecule has 1 N–H and O–H groups in total. The van der Waals surface area contributed by atoms with Gasteiger partial charge in [0, 0.05) is 20.2 Å². The van der Waals surface area contributed by atoms with E-state index in [2.05, 4.69) is 17.1 Å². The Kier molecular flexibility index (Phi) is 4.00. The molecule has 3 atom stereocenters. The summed E-state index contributed by atoms with van der Waals surface area (Å²) in [4.78, 5) is 2.59. The van der Waals surface area contributed by atoms with Gasteiger partial charge in [0.15, 0.2) is 0 Å². The van der Waals surface area contributed by atoms with Crippen molar-refractivity contribution in [2.24, 2.45) is 11.8 Å². The third-order valence-corrected chi connectivity index (χ3v) is 3.97. The summed E-state index contributed by atoms with van der Waals surface area (Å²) < 4.78 is 5.46. The van der Waals surface area contributed by atoms with Crippen molar-refractivity contribution in [2.45, 2.75) is 25.9 Å². The van der Waals surface area contributed by atoms with E-state index in [0.717, 1.165) is 18.4 Å². The minimum atomic E-state index is 0.475.